The van der Waals surface area contributed by atoms with Crippen molar-refractivity contribution in [1.29, 1.82) is 0 Å². The van der Waals surface area contributed by atoms with Crippen molar-refractivity contribution in [1.82, 2.24) is 39.9 Å². The van der Waals surface area contributed by atoms with Crippen LogP contribution in [0.4, 0.5) is 0 Å². The normalized spacial score (nSPS) is 12.0. The van der Waals surface area contributed by atoms with Crippen LogP contribution in [0.15, 0.2) is 317 Å². The van der Waals surface area contributed by atoms with Gasteiger partial charge in [-0.1, -0.05) is 158 Å². The van der Waals surface area contributed by atoms with Gasteiger partial charge >= 0.3 is 0 Å². The van der Waals surface area contributed by atoms with E-state index in [0.717, 1.165) is 89.5 Å². The summed E-state index contributed by atoms with van der Waals surface area (Å²) in [6.07, 6.45) is 22.4. The largest absolute Gasteiger partial charge is 0.264 e. The Morgan fingerprint density at radius 1 is 0.218 bits per heavy atom. The first-order chi connectivity index (χ1) is 43.2. The first-order valence-electron chi connectivity index (χ1n) is 29.0. The van der Waals surface area contributed by atoms with Gasteiger partial charge in [-0.15, -0.1) is 0 Å². The van der Waals surface area contributed by atoms with E-state index >= 15 is 0 Å². The number of nitrogens with zero attached hydrogens (tertiary/aromatic N) is 8. The predicted octanol–water partition coefficient (Wildman–Crippen LogP) is 18.5. The highest BCUT2D eigenvalue weighted by molar-refractivity contribution is 6.10. The lowest BCUT2D eigenvalue weighted by Crippen LogP contribution is -2.28. The number of hydrogen-bond acceptors (Lipinski definition) is 8. The molecule has 0 spiro atoms. The van der Waals surface area contributed by atoms with Crippen LogP contribution in [0, 0.1) is 0 Å². The predicted molar refractivity (Wildman–Crippen MR) is 351 cm³/mol. The molecule has 0 aliphatic heterocycles. The van der Waals surface area contributed by atoms with Crippen molar-refractivity contribution in [2.45, 2.75) is 5.41 Å². The number of hydrogen-bond donors (Lipinski definition) is 0. The van der Waals surface area contributed by atoms with Gasteiger partial charge in [0.1, 0.15) is 0 Å². The average molecular weight is 1110 g/mol. The van der Waals surface area contributed by atoms with Crippen molar-refractivity contribution >= 4 is 21.5 Å². The molecule has 8 nitrogen and oxygen atoms in total. The summed E-state index contributed by atoms with van der Waals surface area (Å²) >= 11 is 0. The third kappa shape index (κ3) is 9.67. The lowest BCUT2D eigenvalue weighted by molar-refractivity contribution is 0.769. The lowest BCUT2D eigenvalue weighted by Gasteiger charge is -2.34. The van der Waals surface area contributed by atoms with E-state index in [9.17, 15) is 0 Å². The third-order valence-corrected chi connectivity index (χ3v) is 16.6. The Kier molecular flexibility index (Phi) is 13.6. The number of aromatic nitrogens is 8. The molecule has 7 aromatic carbocycles. The van der Waals surface area contributed by atoms with Gasteiger partial charge in [-0.05, 0) is 162 Å². The zero-order valence-corrected chi connectivity index (χ0v) is 47.1. The van der Waals surface area contributed by atoms with E-state index in [0.29, 0.717) is 0 Å². The molecule has 8 heterocycles. The Hall–Kier alpha value is -11.7. The molecular weight excluding hydrogens is 1060 g/mol. The van der Waals surface area contributed by atoms with Crippen LogP contribution in [0.3, 0.4) is 0 Å². The van der Waals surface area contributed by atoms with Gasteiger partial charge in [0.2, 0.25) is 0 Å². The molecule has 15 aromatic rings. The van der Waals surface area contributed by atoms with Crippen LogP contribution in [0.25, 0.3) is 122 Å². The highest BCUT2D eigenvalue weighted by Gasteiger charge is 2.47. The van der Waals surface area contributed by atoms with E-state index in [1.165, 1.54) is 54.9 Å². The molecule has 0 saturated heterocycles. The number of pyridine rings is 8. The van der Waals surface area contributed by atoms with Gasteiger partial charge in [0, 0.05) is 119 Å². The molecule has 0 atom stereocenters. The SMILES string of the molecule is c1ccc(C2(c3ccccc3)c3cc(-c4ccc(-c5cccnc5)nc4)ccc3-c3c2cc(-c2ccc(-c4cccnc4)nc2)c2ccccc32)cc1.c1cncc(-c2ccc(-c3ccc(-c4ccc(-c5cccnc5)nc4)c4ccccc34)cn2)c1. The van der Waals surface area contributed by atoms with Gasteiger partial charge < -0.3 is 0 Å². The van der Waals surface area contributed by atoms with E-state index in [2.05, 4.69) is 214 Å². The fraction of sp³-hybridized carbons (Fsp3) is 0.0127. The van der Waals surface area contributed by atoms with E-state index < -0.39 is 5.41 Å². The number of benzene rings is 7. The second-order valence-electron chi connectivity index (χ2n) is 21.5. The van der Waals surface area contributed by atoms with E-state index in [-0.39, 0.29) is 0 Å². The molecule has 0 fully saturated rings. The Balaban J connectivity index is 0.000000162. The molecule has 0 amide bonds. The molecule has 0 N–H and O–H groups in total. The minimum atomic E-state index is -0.589. The fourth-order valence-electron chi connectivity index (χ4n) is 12.5. The van der Waals surface area contributed by atoms with Crippen molar-refractivity contribution in [3.63, 3.8) is 0 Å². The molecule has 0 unspecified atom stereocenters. The lowest BCUT2D eigenvalue weighted by atomic mass is 9.67. The molecule has 408 valence electrons. The van der Waals surface area contributed by atoms with E-state index in [4.69, 9.17) is 19.9 Å². The van der Waals surface area contributed by atoms with Gasteiger partial charge in [-0.25, -0.2) is 0 Å². The minimum absolute atomic E-state index is 0.589. The summed E-state index contributed by atoms with van der Waals surface area (Å²) in [6.45, 7) is 0. The third-order valence-electron chi connectivity index (χ3n) is 16.6. The summed E-state index contributed by atoms with van der Waals surface area (Å²) in [6, 6.07) is 85.8. The quantitative estimate of drug-likeness (QED) is 0.133. The van der Waals surface area contributed by atoms with Crippen LogP contribution in [0.5, 0.6) is 0 Å². The van der Waals surface area contributed by atoms with Crippen molar-refractivity contribution in [3.8, 4) is 101 Å². The maximum atomic E-state index is 4.94. The second-order valence-corrected chi connectivity index (χ2v) is 21.5. The Morgan fingerprint density at radius 3 is 0.966 bits per heavy atom. The van der Waals surface area contributed by atoms with Gasteiger partial charge in [0.25, 0.3) is 0 Å². The highest BCUT2D eigenvalue weighted by Crippen LogP contribution is 2.59. The monoisotopic (exact) mass is 1110 g/mol. The van der Waals surface area contributed by atoms with Gasteiger partial charge in [-0.3, -0.25) is 39.9 Å². The summed E-state index contributed by atoms with van der Waals surface area (Å²) in [5, 5.41) is 4.80. The van der Waals surface area contributed by atoms with Crippen LogP contribution in [0.1, 0.15) is 22.3 Å². The van der Waals surface area contributed by atoms with Crippen molar-refractivity contribution in [3.05, 3.63) is 339 Å². The van der Waals surface area contributed by atoms with Gasteiger partial charge in [0.15, 0.2) is 0 Å². The molecule has 87 heavy (non-hydrogen) atoms. The molecule has 8 aromatic heterocycles. The first kappa shape index (κ1) is 52.1. The smallest absolute Gasteiger partial charge is 0.0717 e. The summed E-state index contributed by atoms with van der Waals surface area (Å²) in [5.74, 6) is 0. The topological polar surface area (TPSA) is 103 Å². The van der Waals surface area contributed by atoms with Crippen LogP contribution in [0.2, 0.25) is 0 Å². The Bertz CT molecular complexity index is 4740. The van der Waals surface area contributed by atoms with Crippen molar-refractivity contribution in [2.75, 3.05) is 0 Å². The molecule has 8 heteroatoms. The van der Waals surface area contributed by atoms with Crippen LogP contribution >= 0.6 is 0 Å². The maximum Gasteiger partial charge on any atom is 0.0717 e. The zero-order valence-electron chi connectivity index (χ0n) is 47.1. The summed E-state index contributed by atoms with van der Waals surface area (Å²) in [4.78, 5) is 36.2. The highest BCUT2D eigenvalue weighted by atomic mass is 14.7. The van der Waals surface area contributed by atoms with Crippen LogP contribution in [-0.4, -0.2) is 39.9 Å². The standard InChI is InChI=1S/C49H32N4.C30H20N4/c1-3-13-38(14-4-1)49(39-15-5-2-6-16-39)44-27-33(34-20-23-46(52-31-34)36-11-9-25-50-29-36)19-22-42(44)48-41-18-8-7-17-40(41)43(28-45(48)49)35-21-24-47(53-32-35)37-12-10-26-51-30-37;1-2-8-28-26(22-10-14-30(34-20-22)24-6-4-16-32-18-24)12-11-25(27(28)7-1)21-9-13-29(33-19-21)23-5-3-15-31-17-23/h1-32H;1-20H. The molecular formula is C79H52N8. The molecule has 0 radical (unpaired) electrons. The van der Waals surface area contributed by atoms with Crippen LogP contribution < -0.4 is 0 Å². The second kappa shape index (κ2) is 22.8. The molecule has 0 saturated carbocycles. The van der Waals surface area contributed by atoms with Crippen molar-refractivity contribution < 1.29 is 0 Å². The summed E-state index contributed by atoms with van der Waals surface area (Å²) in [5.41, 5.74) is 23.4. The Labute approximate surface area is 504 Å². The molecule has 1 aliphatic rings. The Morgan fingerprint density at radius 2 is 0.575 bits per heavy atom. The number of rotatable bonds is 10. The average Bonchev–Trinajstić information content (AvgIpc) is 1.57. The zero-order chi connectivity index (χ0) is 57.9. The molecule has 0 bridgehead atoms. The fourth-order valence-corrected chi connectivity index (χ4v) is 12.5. The molecule has 1 aliphatic carbocycles. The van der Waals surface area contributed by atoms with Gasteiger partial charge in [-0.2, -0.15) is 0 Å². The van der Waals surface area contributed by atoms with E-state index in [1.54, 1.807) is 24.8 Å². The van der Waals surface area contributed by atoms with Gasteiger partial charge in [0.05, 0.1) is 28.2 Å². The summed E-state index contributed by atoms with van der Waals surface area (Å²) < 4.78 is 0. The van der Waals surface area contributed by atoms with Crippen LogP contribution in [-0.2, 0) is 5.41 Å². The summed E-state index contributed by atoms with van der Waals surface area (Å²) in [7, 11) is 0. The molecule has 16 rings (SSSR count). The van der Waals surface area contributed by atoms with E-state index in [1.807, 2.05) is 98.1 Å². The first-order valence-corrected chi connectivity index (χ1v) is 29.0. The van der Waals surface area contributed by atoms with Crippen molar-refractivity contribution in [2.24, 2.45) is 0 Å². The minimum Gasteiger partial charge on any atom is -0.264 e. The number of fused-ring (bicyclic) bond motifs is 6. The maximum absolute atomic E-state index is 4.94.